The van der Waals surface area contributed by atoms with Crippen LogP contribution < -0.4 is 10.0 Å². The van der Waals surface area contributed by atoms with Crippen molar-refractivity contribution >= 4 is 49.8 Å². The number of sulfonamides is 1. The summed E-state index contributed by atoms with van der Waals surface area (Å²) in [5.74, 6) is -0.252. The zero-order valence-electron chi connectivity index (χ0n) is 14.2. The molecular formula is C18H13ClN4O3S2. The molecule has 1 aliphatic heterocycles. The van der Waals surface area contributed by atoms with E-state index in [0.717, 1.165) is 5.56 Å². The van der Waals surface area contributed by atoms with Gasteiger partial charge in [0.05, 0.1) is 10.6 Å². The maximum Gasteiger partial charge on any atom is 0.263 e. The van der Waals surface area contributed by atoms with Crippen LogP contribution in [0.5, 0.6) is 0 Å². The SMILES string of the molecule is O=C(CN=C1NS(=O)(=O)c2ccccc21)Nc1nc(-c2ccccc2Cl)cs1. The van der Waals surface area contributed by atoms with Gasteiger partial charge in [-0.25, -0.2) is 13.4 Å². The van der Waals surface area contributed by atoms with Crippen molar-refractivity contribution in [2.75, 3.05) is 11.9 Å². The minimum absolute atomic E-state index is 0.151. The number of benzene rings is 2. The van der Waals surface area contributed by atoms with E-state index in [1.165, 1.54) is 17.4 Å². The molecule has 0 spiro atoms. The lowest BCUT2D eigenvalue weighted by atomic mass is 10.2. The number of anilines is 1. The predicted molar refractivity (Wildman–Crippen MR) is 109 cm³/mol. The van der Waals surface area contributed by atoms with Crippen LogP contribution in [0.25, 0.3) is 11.3 Å². The van der Waals surface area contributed by atoms with Crippen LogP contribution in [0, 0.1) is 0 Å². The van der Waals surface area contributed by atoms with Crippen LogP contribution in [0.15, 0.2) is 63.8 Å². The molecule has 1 aliphatic rings. The monoisotopic (exact) mass is 432 g/mol. The molecule has 0 bridgehead atoms. The standard InChI is InChI=1S/C18H13ClN4O3S2/c19-13-7-3-1-5-11(13)14-10-27-18(21-14)22-16(24)9-20-17-12-6-2-4-8-15(12)28(25,26)23-17/h1-8,10H,9H2,(H,20,23)(H,21,22,24). The van der Waals surface area contributed by atoms with Crippen LogP contribution in [0.1, 0.15) is 5.56 Å². The molecule has 3 aromatic rings. The Labute approximate surface area is 170 Å². The van der Waals surface area contributed by atoms with E-state index >= 15 is 0 Å². The molecule has 0 radical (unpaired) electrons. The van der Waals surface area contributed by atoms with E-state index in [4.69, 9.17) is 11.6 Å². The van der Waals surface area contributed by atoms with Crippen LogP contribution in [-0.4, -0.2) is 31.7 Å². The molecule has 7 nitrogen and oxygen atoms in total. The molecule has 0 saturated heterocycles. The molecule has 142 valence electrons. The highest BCUT2D eigenvalue weighted by molar-refractivity contribution is 7.90. The van der Waals surface area contributed by atoms with Gasteiger partial charge in [-0.2, -0.15) is 0 Å². The third-order valence-electron chi connectivity index (χ3n) is 3.94. The van der Waals surface area contributed by atoms with Gasteiger partial charge in [0.1, 0.15) is 12.4 Å². The van der Waals surface area contributed by atoms with Crippen LogP contribution in [-0.2, 0) is 14.8 Å². The number of aromatic nitrogens is 1. The third kappa shape index (κ3) is 3.64. The van der Waals surface area contributed by atoms with Gasteiger partial charge < -0.3 is 5.32 Å². The second-order valence-electron chi connectivity index (χ2n) is 5.83. The number of carbonyl (C=O) groups excluding carboxylic acids is 1. The quantitative estimate of drug-likeness (QED) is 0.661. The molecule has 1 amide bonds. The summed E-state index contributed by atoms with van der Waals surface area (Å²) in [6, 6.07) is 13.8. The molecule has 0 aliphatic carbocycles. The molecule has 0 fully saturated rings. The number of halogens is 1. The third-order valence-corrected chi connectivity index (χ3v) is 6.43. The fourth-order valence-electron chi connectivity index (χ4n) is 2.68. The van der Waals surface area contributed by atoms with Crippen molar-refractivity contribution in [2.45, 2.75) is 4.90 Å². The maximum absolute atomic E-state index is 12.2. The summed E-state index contributed by atoms with van der Waals surface area (Å²) < 4.78 is 26.5. The lowest BCUT2D eigenvalue weighted by Gasteiger charge is -2.01. The number of fused-ring (bicyclic) bond motifs is 1. The van der Waals surface area contributed by atoms with Gasteiger partial charge in [0, 0.05) is 21.5 Å². The Morgan fingerprint density at radius 2 is 1.86 bits per heavy atom. The van der Waals surface area contributed by atoms with Gasteiger partial charge in [-0.3, -0.25) is 14.5 Å². The van der Waals surface area contributed by atoms with E-state index < -0.39 is 15.9 Å². The maximum atomic E-state index is 12.2. The predicted octanol–water partition coefficient (Wildman–Crippen LogP) is 3.14. The van der Waals surface area contributed by atoms with E-state index in [9.17, 15) is 13.2 Å². The van der Waals surface area contributed by atoms with Gasteiger partial charge >= 0.3 is 0 Å². The van der Waals surface area contributed by atoms with Crippen molar-refractivity contribution in [3.05, 3.63) is 64.5 Å². The first-order valence-corrected chi connectivity index (χ1v) is 10.8. The van der Waals surface area contributed by atoms with Crippen molar-refractivity contribution in [2.24, 2.45) is 4.99 Å². The second-order valence-corrected chi connectivity index (χ2v) is 8.75. The highest BCUT2D eigenvalue weighted by Crippen LogP contribution is 2.30. The first kappa shape index (κ1) is 18.6. The molecule has 2 N–H and O–H groups in total. The number of nitrogens with zero attached hydrogens (tertiary/aromatic N) is 2. The number of hydrogen-bond acceptors (Lipinski definition) is 6. The van der Waals surface area contributed by atoms with Gasteiger partial charge in [0.25, 0.3) is 10.0 Å². The first-order chi connectivity index (χ1) is 13.4. The van der Waals surface area contributed by atoms with Gasteiger partial charge in [-0.05, 0) is 18.2 Å². The Bertz CT molecular complexity index is 1200. The summed E-state index contributed by atoms with van der Waals surface area (Å²) in [5.41, 5.74) is 1.89. The normalized spacial score (nSPS) is 15.8. The lowest BCUT2D eigenvalue weighted by molar-refractivity contribution is -0.114. The zero-order chi connectivity index (χ0) is 19.7. The van der Waals surface area contributed by atoms with E-state index in [1.54, 1.807) is 29.6 Å². The average Bonchev–Trinajstić information content (AvgIpc) is 3.23. The molecule has 2 heterocycles. The van der Waals surface area contributed by atoms with Crippen molar-refractivity contribution < 1.29 is 13.2 Å². The Balaban J connectivity index is 1.47. The molecule has 0 atom stereocenters. The molecular weight excluding hydrogens is 420 g/mol. The van der Waals surface area contributed by atoms with Crippen LogP contribution in [0.2, 0.25) is 5.02 Å². The largest absolute Gasteiger partial charge is 0.300 e. The molecule has 1 aromatic heterocycles. The number of amidine groups is 1. The smallest absolute Gasteiger partial charge is 0.263 e. The van der Waals surface area contributed by atoms with Crippen LogP contribution in [0.3, 0.4) is 0 Å². The number of hydrogen-bond donors (Lipinski definition) is 2. The number of aliphatic imine (C=N–C) groups is 1. The number of thiazole rings is 1. The summed E-state index contributed by atoms with van der Waals surface area (Å²) in [7, 11) is -3.63. The summed E-state index contributed by atoms with van der Waals surface area (Å²) >= 11 is 7.43. The van der Waals surface area contributed by atoms with E-state index in [1.807, 2.05) is 18.2 Å². The van der Waals surface area contributed by atoms with Gasteiger partial charge in [-0.1, -0.05) is 41.9 Å². The summed E-state index contributed by atoms with van der Waals surface area (Å²) in [4.78, 5) is 20.8. The Morgan fingerprint density at radius 3 is 2.64 bits per heavy atom. The van der Waals surface area contributed by atoms with Gasteiger partial charge in [0.2, 0.25) is 5.91 Å². The molecule has 0 saturated carbocycles. The summed E-state index contributed by atoms with van der Waals surface area (Å²) in [6.07, 6.45) is 0. The number of carbonyl (C=O) groups is 1. The van der Waals surface area contributed by atoms with Crippen LogP contribution >= 0.6 is 22.9 Å². The minimum atomic E-state index is -3.63. The Kier molecular flexibility index (Phi) is 4.88. The fraction of sp³-hybridized carbons (Fsp3) is 0.0556. The fourth-order valence-corrected chi connectivity index (χ4v) is 4.89. The van der Waals surface area contributed by atoms with Crippen molar-refractivity contribution in [3.63, 3.8) is 0 Å². The topological polar surface area (TPSA) is 101 Å². The van der Waals surface area contributed by atoms with E-state index in [2.05, 4.69) is 20.0 Å². The number of nitrogens with one attached hydrogen (secondary N) is 2. The van der Waals surface area contributed by atoms with Crippen molar-refractivity contribution in [1.29, 1.82) is 0 Å². The second kappa shape index (κ2) is 7.34. The Hall–Kier alpha value is -2.75. The molecule has 10 heteroatoms. The van der Waals surface area contributed by atoms with Gasteiger partial charge in [0.15, 0.2) is 5.13 Å². The lowest BCUT2D eigenvalue weighted by Crippen LogP contribution is -2.24. The highest BCUT2D eigenvalue weighted by atomic mass is 35.5. The van der Waals surface area contributed by atoms with E-state index in [0.29, 0.717) is 21.4 Å². The van der Waals surface area contributed by atoms with Crippen molar-refractivity contribution in [3.8, 4) is 11.3 Å². The summed E-state index contributed by atoms with van der Waals surface area (Å²) in [5, 5.41) is 5.44. The minimum Gasteiger partial charge on any atom is -0.300 e. The van der Waals surface area contributed by atoms with Gasteiger partial charge in [-0.15, -0.1) is 11.3 Å². The summed E-state index contributed by atoms with van der Waals surface area (Å²) in [6.45, 7) is -0.243. The van der Waals surface area contributed by atoms with Crippen molar-refractivity contribution in [1.82, 2.24) is 9.71 Å². The average molecular weight is 433 g/mol. The molecule has 4 rings (SSSR count). The number of amides is 1. The molecule has 0 unspecified atom stereocenters. The Morgan fingerprint density at radius 1 is 1.14 bits per heavy atom. The number of rotatable bonds is 4. The zero-order valence-corrected chi connectivity index (χ0v) is 16.6. The molecule has 2 aromatic carbocycles. The highest BCUT2D eigenvalue weighted by Gasteiger charge is 2.30. The van der Waals surface area contributed by atoms with E-state index in [-0.39, 0.29) is 17.3 Å². The first-order valence-electron chi connectivity index (χ1n) is 8.11. The van der Waals surface area contributed by atoms with Crippen LogP contribution in [0.4, 0.5) is 5.13 Å². The molecule has 28 heavy (non-hydrogen) atoms.